The van der Waals surface area contributed by atoms with Crippen molar-refractivity contribution in [1.29, 1.82) is 0 Å². The lowest BCUT2D eigenvalue weighted by atomic mass is 10.1. The van der Waals surface area contributed by atoms with Gasteiger partial charge >= 0.3 is 5.97 Å². The van der Waals surface area contributed by atoms with Gasteiger partial charge in [0.25, 0.3) is 5.91 Å². The molecule has 1 amide bonds. The summed E-state index contributed by atoms with van der Waals surface area (Å²) in [6.07, 6.45) is 0.162. The van der Waals surface area contributed by atoms with Crippen molar-refractivity contribution in [2.75, 3.05) is 19.9 Å². The molecular weight excluding hydrogens is 342 g/mol. The van der Waals surface area contributed by atoms with Crippen LogP contribution >= 0.6 is 11.3 Å². The van der Waals surface area contributed by atoms with Gasteiger partial charge in [-0.2, -0.15) is 0 Å². The van der Waals surface area contributed by atoms with E-state index in [9.17, 15) is 9.59 Å². The molecule has 1 aliphatic rings. The fraction of sp³-hybridized carbons (Fsp3) is 0.333. The summed E-state index contributed by atoms with van der Waals surface area (Å²) in [5, 5.41) is 1.86. The normalized spacial score (nSPS) is 12.0. The molecule has 25 heavy (non-hydrogen) atoms. The summed E-state index contributed by atoms with van der Waals surface area (Å²) in [5.74, 6) is 0.965. The summed E-state index contributed by atoms with van der Waals surface area (Å²) < 4.78 is 15.7. The van der Waals surface area contributed by atoms with Gasteiger partial charge in [0.2, 0.25) is 6.79 Å². The van der Waals surface area contributed by atoms with Crippen molar-refractivity contribution in [3.63, 3.8) is 0 Å². The Balaban J connectivity index is 1.73. The zero-order valence-corrected chi connectivity index (χ0v) is 14.7. The van der Waals surface area contributed by atoms with Crippen LogP contribution in [-0.2, 0) is 16.1 Å². The van der Waals surface area contributed by atoms with E-state index in [0.717, 1.165) is 5.56 Å². The number of amides is 1. The molecule has 0 saturated carbocycles. The Morgan fingerprint density at radius 3 is 2.84 bits per heavy atom. The molecule has 0 N–H and O–H groups in total. The van der Waals surface area contributed by atoms with Crippen molar-refractivity contribution in [3.8, 4) is 11.5 Å². The predicted molar refractivity (Wildman–Crippen MR) is 92.9 cm³/mol. The monoisotopic (exact) mass is 361 g/mol. The summed E-state index contributed by atoms with van der Waals surface area (Å²) in [4.78, 5) is 26.7. The Labute approximate surface area is 149 Å². The second-order valence-electron chi connectivity index (χ2n) is 5.45. The number of fused-ring (bicyclic) bond motifs is 1. The van der Waals surface area contributed by atoms with E-state index in [1.807, 2.05) is 29.6 Å². The molecule has 3 rings (SSSR count). The third kappa shape index (κ3) is 4.30. The van der Waals surface area contributed by atoms with Gasteiger partial charge in [-0.1, -0.05) is 12.1 Å². The molecular formula is C18H19NO5S. The first-order valence-electron chi connectivity index (χ1n) is 8.04. The largest absolute Gasteiger partial charge is 0.466 e. The maximum absolute atomic E-state index is 12.7. The van der Waals surface area contributed by atoms with Crippen LogP contribution < -0.4 is 9.47 Å². The Bertz CT molecular complexity index is 744. The number of carbonyl (C=O) groups excluding carboxylic acids is 2. The first-order valence-corrected chi connectivity index (χ1v) is 8.92. The molecule has 0 radical (unpaired) electrons. The minimum Gasteiger partial charge on any atom is -0.466 e. The molecule has 2 heterocycles. The molecule has 0 unspecified atom stereocenters. The van der Waals surface area contributed by atoms with Gasteiger partial charge in [0.15, 0.2) is 11.5 Å². The highest BCUT2D eigenvalue weighted by Crippen LogP contribution is 2.33. The van der Waals surface area contributed by atoms with Crippen molar-refractivity contribution < 1.29 is 23.8 Å². The van der Waals surface area contributed by atoms with Crippen LogP contribution in [0.2, 0.25) is 0 Å². The topological polar surface area (TPSA) is 65.1 Å². The molecule has 0 atom stereocenters. The van der Waals surface area contributed by atoms with E-state index >= 15 is 0 Å². The molecule has 1 aromatic carbocycles. The maximum atomic E-state index is 12.7. The molecule has 2 aromatic rings. The molecule has 0 aliphatic carbocycles. The molecule has 0 saturated heterocycles. The van der Waals surface area contributed by atoms with Gasteiger partial charge in [-0.3, -0.25) is 9.59 Å². The highest BCUT2D eigenvalue weighted by Gasteiger charge is 2.20. The van der Waals surface area contributed by atoms with Crippen LogP contribution in [0.4, 0.5) is 0 Å². The SMILES string of the molecule is CCOC(=O)CCN(Cc1ccc2c(c1)OCO2)C(=O)c1cccs1. The second kappa shape index (κ2) is 8.02. The number of carbonyl (C=O) groups is 2. The molecule has 0 fully saturated rings. The van der Waals surface area contributed by atoms with Gasteiger partial charge < -0.3 is 19.1 Å². The average molecular weight is 361 g/mol. The number of thiophene rings is 1. The zero-order chi connectivity index (χ0) is 17.6. The lowest BCUT2D eigenvalue weighted by Crippen LogP contribution is -2.32. The number of ether oxygens (including phenoxy) is 3. The van der Waals surface area contributed by atoms with Crippen LogP contribution in [-0.4, -0.2) is 36.7 Å². The fourth-order valence-corrected chi connectivity index (χ4v) is 3.22. The summed E-state index contributed by atoms with van der Waals surface area (Å²) >= 11 is 1.38. The predicted octanol–water partition coefficient (Wildman–Crippen LogP) is 3.07. The molecule has 132 valence electrons. The van der Waals surface area contributed by atoms with Gasteiger partial charge in [0, 0.05) is 13.1 Å². The number of nitrogens with zero attached hydrogens (tertiary/aromatic N) is 1. The van der Waals surface area contributed by atoms with E-state index in [4.69, 9.17) is 14.2 Å². The summed E-state index contributed by atoms with van der Waals surface area (Å²) in [6.45, 7) is 2.98. The van der Waals surface area contributed by atoms with E-state index in [0.29, 0.717) is 36.1 Å². The third-order valence-corrected chi connectivity index (χ3v) is 4.58. The highest BCUT2D eigenvalue weighted by atomic mass is 32.1. The number of benzene rings is 1. The van der Waals surface area contributed by atoms with E-state index in [1.165, 1.54) is 11.3 Å². The Kier molecular flexibility index (Phi) is 5.55. The van der Waals surface area contributed by atoms with Gasteiger partial charge in [0.1, 0.15) is 0 Å². The van der Waals surface area contributed by atoms with Crippen LogP contribution in [0.15, 0.2) is 35.7 Å². The molecule has 1 aliphatic heterocycles. The Hall–Kier alpha value is -2.54. The fourth-order valence-electron chi connectivity index (χ4n) is 2.53. The number of esters is 1. The molecule has 7 heteroatoms. The number of hydrogen-bond acceptors (Lipinski definition) is 6. The first kappa shape index (κ1) is 17.3. The van der Waals surface area contributed by atoms with E-state index < -0.39 is 0 Å². The Morgan fingerprint density at radius 1 is 1.24 bits per heavy atom. The summed E-state index contributed by atoms with van der Waals surface area (Å²) in [6, 6.07) is 9.21. The minimum atomic E-state index is -0.308. The highest BCUT2D eigenvalue weighted by molar-refractivity contribution is 7.12. The van der Waals surface area contributed by atoms with Crippen LogP contribution in [0.5, 0.6) is 11.5 Å². The first-order chi connectivity index (χ1) is 12.2. The molecule has 0 spiro atoms. The molecule has 6 nitrogen and oxygen atoms in total. The maximum Gasteiger partial charge on any atom is 0.307 e. The molecule has 1 aromatic heterocycles. The van der Waals surface area contributed by atoms with Gasteiger partial charge in [-0.25, -0.2) is 0 Å². The summed E-state index contributed by atoms with van der Waals surface area (Å²) in [7, 11) is 0. The van der Waals surface area contributed by atoms with Crippen molar-refractivity contribution in [2.45, 2.75) is 19.9 Å². The third-order valence-electron chi connectivity index (χ3n) is 3.72. The Morgan fingerprint density at radius 2 is 2.08 bits per heavy atom. The second-order valence-corrected chi connectivity index (χ2v) is 6.39. The van der Waals surface area contributed by atoms with E-state index in [1.54, 1.807) is 17.9 Å². The van der Waals surface area contributed by atoms with Crippen LogP contribution in [0.1, 0.15) is 28.6 Å². The quantitative estimate of drug-likeness (QED) is 0.709. The van der Waals surface area contributed by atoms with Crippen molar-refractivity contribution in [1.82, 2.24) is 4.90 Å². The summed E-state index contributed by atoms with van der Waals surface area (Å²) in [5.41, 5.74) is 0.915. The van der Waals surface area contributed by atoms with Crippen molar-refractivity contribution in [3.05, 3.63) is 46.2 Å². The van der Waals surface area contributed by atoms with Crippen LogP contribution in [0.3, 0.4) is 0 Å². The van der Waals surface area contributed by atoms with Crippen molar-refractivity contribution >= 4 is 23.2 Å². The standard InChI is InChI=1S/C18H19NO5S/c1-2-22-17(20)7-8-19(18(21)16-4-3-9-25-16)11-13-5-6-14-15(10-13)24-12-23-14/h3-6,9-10H,2,7-8,11-12H2,1H3. The lowest BCUT2D eigenvalue weighted by molar-refractivity contribution is -0.143. The smallest absolute Gasteiger partial charge is 0.307 e. The van der Waals surface area contributed by atoms with Gasteiger partial charge in [-0.05, 0) is 36.1 Å². The number of hydrogen-bond donors (Lipinski definition) is 0. The number of rotatable bonds is 7. The minimum absolute atomic E-state index is 0.100. The van der Waals surface area contributed by atoms with Gasteiger partial charge in [0.05, 0.1) is 17.9 Å². The van der Waals surface area contributed by atoms with Crippen molar-refractivity contribution in [2.24, 2.45) is 0 Å². The lowest BCUT2D eigenvalue weighted by Gasteiger charge is -2.22. The molecule has 0 bridgehead atoms. The zero-order valence-electron chi connectivity index (χ0n) is 13.9. The van der Waals surface area contributed by atoms with E-state index in [-0.39, 0.29) is 25.1 Å². The van der Waals surface area contributed by atoms with Gasteiger partial charge in [-0.15, -0.1) is 11.3 Å². The van der Waals surface area contributed by atoms with Crippen LogP contribution in [0.25, 0.3) is 0 Å². The average Bonchev–Trinajstić information content (AvgIpc) is 3.29. The van der Waals surface area contributed by atoms with Crippen LogP contribution in [0, 0.1) is 0 Å². The van der Waals surface area contributed by atoms with E-state index in [2.05, 4.69) is 0 Å².